The maximum Gasteiger partial charge on any atom is 0.224 e. The summed E-state index contributed by atoms with van der Waals surface area (Å²) < 4.78 is 0. The predicted octanol–water partition coefficient (Wildman–Crippen LogP) is 3.92. The SMILES string of the molecule is CCC(C)C(C)N(C(=O)CC(N)c1ccccc1)C1CC1.Cl. The van der Waals surface area contributed by atoms with Gasteiger partial charge in [0.1, 0.15) is 0 Å². The van der Waals surface area contributed by atoms with Gasteiger partial charge in [0.25, 0.3) is 0 Å². The molecule has 0 bridgehead atoms. The molecule has 1 aliphatic rings. The Kier molecular flexibility index (Phi) is 7.37. The molecule has 4 heteroatoms. The van der Waals surface area contributed by atoms with Crippen molar-refractivity contribution in [1.29, 1.82) is 0 Å². The lowest BCUT2D eigenvalue weighted by Gasteiger charge is -2.34. The first-order valence-corrected chi connectivity index (χ1v) is 8.16. The second-order valence-electron chi connectivity index (χ2n) is 6.38. The number of carbonyl (C=O) groups excluding carboxylic acids is 1. The normalized spacial score (nSPS) is 18.0. The van der Waals surface area contributed by atoms with Crippen LogP contribution < -0.4 is 5.73 Å². The van der Waals surface area contributed by atoms with E-state index in [0.29, 0.717) is 24.4 Å². The number of nitrogens with zero attached hydrogens (tertiary/aromatic N) is 1. The third-order valence-corrected chi connectivity index (χ3v) is 4.76. The van der Waals surface area contributed by atoms with Gasteiger partial charge < -0.3 is 10.6 Å². The molecular formula is C18H29ClN2O. The van der Waals surface area contributed by atoms with E-state index >= 15 is 0 Å². The Morgan fingerprint density at radius 1 is 1.27 bits per heavy atom. The van der Waals surface area contributed by atoms with Gasteiger partial charge in [-0.3, -0.25) is 4.79 Å². The Labute approximate surface area is 140 Å². The van der Waals surface area contributed by atoms with E-state index in [-0.39, 0.29) is 24.4 Å². The Morgan fingerprint density at radius 3 is 2.36 bits per heavy atom. The summed E-state index contributed by atoms with van der Waals surface area (Å²) in [7, 11) is 0. The van der Waals surface area contributed by atoms with Crippen LogP contribution in [-0.4, -0.2) is 22.9 Å². The van der Waals surface area contributed by atoms with Crippen LogP contribution in [0.1, 0.15) is 58.1 Å². The van der Waals surface area contributed by atoms with Crippen LogP contribution in [0.15, 0.2) is 30.3 Å². The van der Waals surface area contributed by atoms with Gasteiger partial charge >= 0.3 is 0 Å². The van der Waals surface area contributed by atoms with E-state index in [1.54, 1.807) is 0 Å². The first-order chi connectivity index (χ1) is 10.0. The minimum absolute atomic E-state index is 0. The number of carbonyl (C=O) groups is 1. The second-order valence-corrected chi connectivity index (χ2v) is 6.38. The summed E-state index contributed by atoms with van der Waals surface area (Å²) in [6, 6.07) is 10.5. The molecule has 2 N–H and O–H groups in total. The summed E-state index contributed by atoms with van der Waals surface area (Å²) in [4.78, 5) is 14.8. The molecule has 1 aromatic carbocycles. The highest BCUT2D eigenvalue weighted by molar-refractivity contribution is 5.85. The maximum absolute atomic E-state index is 12.7. The van der Waals surface area contributed by atoms with Crippen LogP contribution in [0.5, 0.6) is 0 Å². The van der Waals surface area contributed by atoms with Crippen molar-refractivity contribution in [3.63, 3.8) is 0 Å². The molecule has 3 nitrogen and oxygen atoms in total. The minimum atomic E-state index is -0.205. The smallest absolute Gasteiger partial charge is 0.224 e. The molecule has 3 atom stereocenters. The van der Waals surface area contributed by atoms with Crippen LogP contribution in [0.3, 0.4) is 0 Å². The van der Waals surface area contributed by atoms with E-state index in [4.69, 9.17) is 5.73 Å². The van der Waals surface area contributed by atoms with Crippen molar-refractivity contribution in [2.75, 3.05) is 0 Å². The molecule has 1 fully saturated rings. The Balaban J connectivity index is 0.00000242. The Morgan fingerprint density at radius 2 is 1.86 bits per heavy atom. The number of hydrogen-bond donors (Lipinski definition) is 1. The van der Waals surface area contributed by atoms with Gasteiger partial charge in [-0.2, -0.15) is 0 Å². The average Bonchev–Trinajstić information content (AvgIpc) is 3.32. The molecule has 1 saturated carbocycles. The molecule has 2 rings (SSSR count). The van der Waals surface area contributed by atoms with Gasteiger partial charge in [-0.25, -0.2) is 0 Å². The Bertz CT molecular complexity index is 461. The van der Waals surface area contributed by atoms with Crippen LogP contribution in [0.2, 0.25) is 0 Å². The van der Waals surface area contributed by atoms with Gasteiger partial charge in [0.15, 0.2) is 0 Å². The van der Waals surface area contributed by atoms with Crippen LogP contribution in [0.4, 0.5) is 0 Å². The van der Waals surface area contributed by atoms with Gasteiger partial charge in [-0.1, -0.05) is 50.6 Å². The lowest BCUT2D eigenvalue weighted by molar-refractivity contribution is -0.135. The van der Waals surface area contributed by atoms with Crippen molar-refractivity contribution in [2.24, 2.45) is 11.7 Å². The first kappa shape index (κ1) is 19.0. The maximum atomic E-state index is 12.7. The standard InChI is InChI=1S/C18H28N2O.ClH/c1-4-13(2)14(3)20(16-10-11-16)18(21)12-17(19)15-8-6-5-7-9-15;/h5-9,13-14,16-17H,4,10-12,19H2,1-3H3;1H. The number of rotatable bonds is 7. The molecule has 1 aromatic rings. The van der Waals surface area contributed by atoms with Gasteiger partial charge in [0.05, 0.1) is 0 Å². The molecule has 0 aromatic heterocycles. The van der Waals surface area contributed by atoms with Crippen molar-refractivity contribution in [3.8, 4) is 0 Å². The Hall–Kier alpha value is -1.06. The zero-order chi connectivity index (χ0) is 15.4. The monoisotopic (exact) mass is 324 g/mol. The highest BCUT2D eigenvalue weighted by Gasteiger charge is 2.37. The fourth-order valence-corrected chi connectivity index (χ4v) is 2.84. The number of hydrogen-bond acceptors (Lipinski definition) is 2. The zero-order valence-electron chi connectivity index (χ0n) is 13.9. The summed E-state index contributed by atoms with van der Waals surface area (Å²) in [5.74, 6) is 0.740. The van der Waals surface area contributed by atoms with Crippen LogP contribution in [0, 0.1) is 5.92 Å². The number of halogens is 1. The van der Waals surface area contributed by atoms with E-state index in [0.717, 1.165) is 24.8 Å². The van der Waals surface area contributed by atoms with Crippen LogP contribution in [0.25, 0.3) is 0 Å². The number of amides is 1. The zero-order valence-corrected chi connectivity index (χ0v) is 14.7. The molecule has 0 spiro atoms. The fraction of sp³-hybridized carbons (Fsp3) is 0.611. The molecule has 0 aliphatic heterocycles. The van der Waals surface area contributed by atoms with Gasteiger partial charge in [-0.15, -0.1) is 12.4 Å². The average molecular weight is 325 g/mol. The molecule has 1 aliphatic carbocycles. The topological polar surface area (TPSA) is 46.3 Å². The summed E-state index contributed by atoms with van der Waals surface area (Å²) in [6.45, 7) is 6.59. The lowest BCUT2D eigenvalue weighted by atomic mass is 9.97. The summed E-state index contributed by atoms with van der Waals surface area (Å²) >= 11 is 0. The highest BCUT2D eigenvalue weighted by Crippen LogP contribution is 2.32. The van der Waals surface area contributed by atoms with Crippen LogP contribution in [-0.2, 0) is 4.79 Å². The molecule has 3 unspecified atom stereocenters. The van der Waals surface area contributed by atoms with Gasteiger partial charge in [0.2, 0.25) is 5.91 Å². The summed E-state index contributed by atoms with van der Waals surface area (Å²) in [6.07, 6.45) is 3.80. The number of benzene rings is 1. The van der Waals surface area contributed by atoms with Crippen molar-refractivity contribution >= 4 is 18.3 Å². The molecule has 0 heterocycles. The number of nitrogens with two attached hydrogens (primary N) is 1. The van der Waals surface area contributed by atoms with Crippen molar-refractivity contribution in [3.05, 3.63) is 35.9 Å². The largest absolute Gasteiger partial charge is 0.337 e. The first-order valence-electron chi connectivity index (χ1n) is 8.16. The second kappa shape index (κ2) is 8.54. The molecule has 0 saturated heterocycles. The van der Waals surface area contributed by atoms with Crippen molar-refractivity contribution < 1.29 is 4.79 Å². The van der Waals surface area contributed by atoms with E-state index in [1.807, 2.05) is 30.3 Å². The quantitative estimate of drug-likeness (QED) is 0.826. The molecule has 124 valence electrons. The van der Waals surface area contributed by atoms with Crippen molar-refractivity contribution in [1.82, 2.24) is 4.90 Å². The van der Waals surface area contributed by atoms with Gasteiger partial charge in [-0.05, 0) is 31.2 Å². The molecular weight excluding hydrogens is 296 g/mol. The minimum Gasteiger partial charge on any atom is -0.337 e. The van der Waals surface area contributed by atoms with E-state index in [9.17, 15) is 4.79 Å². The fourth-order valence-electron chi connectivity index (χ4n) is 2.84. The summed E-state index contributed by atoms with van der Waals surface area (Å²) in [5, 5.41) is 0. The molecule has 1 amide bonds. The molecule has 0 radical (unpaired) electrons. The third kappa shape index (κ3) is 4.72. The predicted molar refractivity (Wildman–Crippen MR) is 94.0 cm³/mol. The van der Waals surface area contributed by atoms with E-state index < -0.39 is 0 Å². The summed E-state index contributed by atoms with van der Waals surface area (Å²) in [5.41, 5.74) is 7.26. The third-order valence-electron chi connectivity index (χ3n) is 4.76. The van der Waals surface area contributed by atoms with Gasteiger partial charge in [0, 0.05) is 24.5 Å². The van der Waals surface area contributed by atoms with E-state index in [2.05, 4.69) is 25.7 Å². The molecule has 22 heavy (non-hydrogen) atoms. The highest BCUT2D eigenvalue weighted by atomic mass is 35.5. The van der Waals surface area contributed by atoms with Crippen molar-refractivity contribution in [2.45, 2.75) is 64.6 Å². The lowest BCUT2D eigenvalue weighted by Crippen LogP contribution is -2.44. The van der Waals surface area contributed by atoms with Crippen LogP contribution >= 0.6 is 12.4 Å². The van der Waals surface area contributed by atoms with E-state index in [1.165, 1.54) is 0 Å².